The Kier molecular flexibility index (Phi) is 16.3. The second kappa shape index (κ2) is 21.3. The first-order valence-corrected chi connectivity index (χ1v) is 21.8. The second-order valence-electron chi connectivity index (χ2n) is 15.8. The molecule has 1 fully saturated rings. The first-order chi connectivity index (χ1) is 28.3. The summed E-state index contributed by atoms with van der Waals surface area (Å²) in [5, 5.41) is 6.00. The van der Waals surface area contributed by atoms with Crippen molar-refractivity contribution >= 4 is 42.9 Å². The lowest BCUT2D eigenvalue weighted by atomic mass is 9.92. The van der Waals surface area contributed by atoms with E-state index in [2.05, 4.69) is 43.2 Å². The van der Waals surface area contributed by atoms with Crippen LogP contribution in [0, 0.1) is 18.8 Å². The number of aryl methyl sites for hydroxylation is 1. The number of esters is 2. The van der Waals surface area contributed by atoms with Crippen molar-refractivity contribution in [1.82, 2.24) is 0 Å². The van der Waals surface area contributed by atoms with E-state index in [1.165, 1.54) is 0 Å². The van der Waals surface area contributed by atoms with E-state index >= 15 is 0 Å². The van der Waals surface area contributed by atoms with Gasteiger partial charge in [0, 0.05) is 18.8 Å². The molecule has 5 rings (SSSR count). The summed E-state index contributed by atoms with van der Waals surface area (Å²) in [4.78, 5) is 42.1. The first-order valence-electron chi connectivity index (χ1n) is 20.3. The Morgan fingerprint density at radius 3 is 1.86 bits per heavy atom. The van der Waals surface area contributed by atoms with Gasteiger partial charge in [0.1, 0.15) is 0 Å². The van der Waals surface area contributed by atoms with Gasteiger partial charge in [-0.3, -0.25) is 18.4 Å². The van der Waals surface area contributed by atoms with Crippen LogP contribution in [0.1, 0.15) is 88.5 Å². The molecule has 4 aromatic rings. The number of phosphoric acid groups is 1. The van der Waals surface area contributed by atoms with E-state index in [-0.39, 0.29) is 44.4 Å². The molecule has 2 amide bonds. The Morgan fingerprint density at radius 1 is 0.763 bits per heavy atom. The van der Waals surface area contributed by atoms with Crippen molar-refractivity contribution in [1.29, 1.82) is 0 Å². The molecular formula is C46H58N3O9P. The van der Waals surface area contributed by atoms with Crippen LogP contribution >= 0.6 is 7.82 Å². The van der Waals surface area contributed by atoms with E-state index in [1.54, 1.807) is 0 Å². The molecule has 0 heterocycles. The molecule has 2 N–H and O–H groups in total. The quantitative estimate of drug-likeness (QED) is 0.0447. The third-order valence-electron chi connectivity index (χ3n) is 9.70. The highest BCUT2D eigenvalue weighted by Gasteiger charge is 2.58. The summed E-state index contributed by atoms with van der Waals surface area (Å²) in [6, 6.07) is 31.4. The zero-order valence-electron chi connectivity index (χ0n) is 35.0. The largest absolute Gasteiger partial charge is 0.476 e. The van der Waals surface area contributed by atoms with E-state index < -0.39 is 32.2 Å². The van der Waals surface area contributed by atoms with Crippen LogP contribution in [-0.2, 0) is 50.4 Å². The summed E-state index contributed by atoms with van der Waals surface area (Å²) in [7, 11) is -4.27. The number of benzene rings is 4. The minimum absolute atomic E-state index is 0.00159. The van der Waals surface area contributed by atoms with E-state index in [0.717, 1.165) is 41.0 Å². The van der Waals surface area contributed by atoms with Crippen LogP contribution in [0.2, 0.25) is 0 Å². The standard InChI is InChI=1S/C46H58N3O9P/c1-7-38(39-20-23-42(49(28-33(2)3)29-34(4)5)41(26-39)48-45(52)47-40-21-18-35(6)19-22-40)27-43(50)54-32-55-44(51)46(24-25-46)58-59(53,56-30-36-14-10-8-11-15-36)57-31-37-16-12-9-13-17-37/h8-23,26,33-34,38H,7,24-25,27-32H2,1-6H3,(H2,47,48,52). The van der Waals surface area contributed by atoms with Crippen LogP contribution in [0.5, 0.6) is 0 Å². The van der Waals surface area contributed by atoms with Crippen molar-refractivity contribution in [2.24, 2.45) is 11.8 Å². The number of rotatable bonds is 22. The van der Waals surface area contributed by atoms with Crippen molar-refractivity contribution in [3.63, 3.8) is 0 Å². The van der Waals surface area contributed by atoms with Gasteiger partial charge in [0.15, 0.2) is 5.60 Å². The predicted octanol–water partition coefficient (Wildman–Crippen LogP) is 10.8. The fraction of sp³-hybridized carbons (Fsp3) is 0.413. The van der Waals surface area contributed by atoms with Crippen molar-refractivity contribution in [2.45, 2.75) is 92.0 Å². The summed E-state index contributed by atoms with van der Waals surface area (Å²) in [6.07, 6.45) is 1.06. The Labute approximate surface area is 348 Å². The van der Waals surface area contributed by atoms with Crippen molar-refractivity contribution in [3.8, 4) is 0 Å². The van der Waals surface area contributed by atoms with E-state index in [0.29, 0.717) is 29.6 Å². The van der Waals surface area contributed by atoms with Crippen molar-refractivity contribution in [3.05, 3.63) is 125 Å². The number of amides is 2. The minimum Gasteiger partial charge on any atom is -0.428 e. The van der Waals surface area contributed by atoms with Crippen LogP contribution in [-0.4, -0.2) is 43.5 Å². The molecular weight excluding hydrogens is 769 g/mol. The molecule has 13 heteroatoms. The van der Waals surface area contributed by atoms with E-state index in [1.807, 2.05) is 117 Å². The number of urea groups is 1. The highest BCUT2D eigenvalue weighted by Crippen LogP contribution is 2.60. The summed E-state index contributed by atoms with van der Waals surface area (Å²) in [6.45, 7) is 13.4. The number of ether oxygens (including phenoxy) is 2. The SMILES string of the molecule is CCC(CC(=O)OCOC(=O)C1(OP(=O)(OCc2ccccc2)OCc2ccccc2)CC1)c1ccc(N(CC(C)C)CC(C)C)c(NC(=O)Nc2ccc(C)cc2)c1. The summed E-state index contributed by atoms with van der Waals surface area (Å²) < 4.78 is 41.9. The number of carbonyl (C=O) groups excluding carboxylic acids is 3. The number of hydrogen-bond acceptors (Lipinski definition) is 10. The van der Waals surface area contributed by atoms with Gasteiger partial charge in [-0.1, -0.05) is 119 Å². The maximum atomic E-state index is 13.9. The maximum Gasteiger partial charge on any atom is 0.476 e. The molecule has 0 spiro atoms. The zero-order chi connectivity index (χ0) is 42.4. The van der Waals surface area contributed by atoms with Crippen LogP contribution in [0.4, 0.5) is 21.9 Å². The van der Waals surface area contributed by atoms with Gasteiger partial charge < -0.3 is 25.0 Å². The highest BCUT2D eigenvalue weighted by molar-refractivity contribution is 7.48. The van der Waals surface area contributed by atoms with Gasteiger partial charge in [-0.25, -0.2) is 14.2 Å². The van der Waals surface area contributed by atoms with Gasteiger partial charge in [-0.15, -0.1) is 0 Å². The lowest BCUT2D eigenvalue weighted by Gasteiger charge is -2.31. The predicted molar refractivity (Wildman–Crippen MR) is 230 cm³/mol. The molecule has 0 saturated heterocycles. The number of nitrogens with one attached hydrogen (secondary N) is 2. The van der Waals surface area contributed by atoms with Gasteiger partial charge in [0.25, 0.3) is 0 Å². The van der Waals surface area contributed by atoms with Crippen LogP contribution in [0.3, 0.4) is 0 Å². The summed E-state index contributed by atoms with van der Waals surface area (Å²) in [5.41, 5.74) is 4.05. The van der Waals surface area contributed by atoms with Crippen molar-refractivity contribution in [2.75, 3.05) is 35.4 Å². The average molecular weight is 828 g/mol. The molecule has 0 aliphatic heterocycles. The molecule has 12 nitrogen and oxygen atoms in total. The smallest absolute Gasteiger partial charge is 0.428 e. The topological polar surface area (TPSA) is 142 Å². The van der Waals surface area contributed by atoms with Crippen LogP contribution in [0.15, 0.2) is 103 Å². The third kappa shape index (κ3) is 14.1. The Morgan fingerprint density at radius 2 is 1.34 bits per heavy atom. The van der Waals surface area contributed by atoms with E-state index in [9.17, 15) is 18.9 Å². The lowest BCUT2D eigenvalue weighted by Crippen LogP contribution is -2.32. The molecule has 59 heavy (non-hydrogen) atoms. The van der Waals surface area contributed by atoms with Crippen molar-refractivity contribution < 1.29 is 42.0 Å². The number of hydrogen-bond donors (Lipinski definition) is 2. The molecule has 1 aliphatic rings. The number of anilines is 3. The second-order valence-corrected chi connectivity index (χ2v) is 17.4. The zero-order valence-corrected chi connectivity index (χ0v) is 35.9. The Hall–Kier alpha value is -5.00. The number of nitrogens with zero attached hydrogens (tertiary/aromatic N) is 1. The van der Waals surface area contributed by atoms with Gasteiger partial charge in [0.2, 0.25) is 6.79 Å². The van der Waals surface area contributed by atoms with Crippen LogP contribution < -0.4 is 15.5 Å². The summed E-state index contributed by atoms with van der Waals surface area (Å²) in [5.74, 6) is -0.908. The molecule has 316 valence electrons. The molecule has 1 unspecified atom stereocenters. The molecule has 1 atom stereocenters. The normalized spacial score (nSPS) is 13.8. The maximum absolute atomic E-state index is 13.9. The molecule has 0 radical (unpaired) electrons. The number of carbonyl (C=O) groups is 3. The minimum atomic E-state index is -4.27. The first kappa shape index (κ1) is 45.1. The molecule has 4 aromatic carbocycles. The monoisotopic (exact) mass is 827 g/mol. The summed E-state index contributed by atoms with van der Waals surface area (Å²) >= 11 is 0. The highest BCUT2D eigenvalue weighted by atomic mass is 31.2. The molecule has 0 bridgehead atoms. The van der Waals surface area contributed by atoms with Gasteiger partial charge in [-0.2, -0.15) is 0 Å². The Balaban J connectivity index is 1.22. The fourth-order valence-corrected chi connectivity index (χ4v) is 7.98. The third-order valence-corrected chi connectivity index (χ3v) is 11.2. The molecule has 1 saturated carbocycles. The van der Waals surface area contributed by atoms with Gasteiger partial charge >= 0.3 is 25.8 Å². The van der Waals surface area contributed by atoms with Gasteiger partial charge in [0.05, 0.1) is 31.0 Å². The van der Waals surface area contributed by atoms with Gasteiger partial charge in [-0.05, 0) is 84.9 Å². The Bertz CT molecular complexity index is 1970. The molecule has 0 aromatic heterocycles. The fourth-order valence-electron chi connectivity index (χ4n) is 6.50. The average Bonchev–Trinajstić information content (AvgIpc) is 3.99. The number of phosphoric ester groups is 1. The van der Waals surface area contributed by atoms with Crippen LogP contribution in [0.25, 0.3) is 0 Å². The lowest BCUT2D eigenvalue weighted by molar-refractivity contribution is -0.175. The van der Waals surface area contributed by atoms with E-state index in [4.69, 9.17) is 23.0 Å². The molecule has 1 aliphatic carbocycles.